The summed E-state index contributed by atoms with van der Waals surface area (Å²) in [5.74, 6) is 0.301. The van der Waals surface area contributed by atoms with E-state index in [1.54, 1.807) is 30.3 Å². The Labute approximate surface area is 97.9 Å². The van der Waals surface area contributed by atoms with Gasteiger partial charge in [0.05, 0.1) is 5.56 Å². The molecule has 0 aliphatic heterocycles. The van der Waals surface area contributed by atoms with Gasteiger partial charge in [-0.1, -0.05) is 0 Å². The average molecular weight is 228 g/mol. The first-order valence-electron chi connectivity index (χ1n) is 4.92. The summed E-state index contributed by atoms with van der Waals surface area (Å²) in [4.78, 5) is 0. The Bertz CT molecular complexity index is 573. The van der Waals surface area contributed by atoms with Crippen LogP contribution in [-0.2, 0) is 0 Å². The van der Waals surface area contributed by atoms with Crippen molar-refractivity contribution in [3.05, 3.63) is 53.8 Å². The fourth-order valence-electron chi connectivity index (χ4n) is 1.32. The van der Waals surface area contributed by atoms with Crippen molar-refractivity contribution in [2.45, 2.75) is 0 Å². The SMILES string of the molecule is N#Cc1ccc(Oc2ccc(N)cc2)cc1F. The van der Waals surface area contributed by atoms with Gasteiger partial charge in [-0.2, -0.15) is 5.26 Å². The van der Waals surface area contributed by atoms with Crippen molar-refractivity contribution in [2.75, 3.05) is 5.73 Å². The number of halogens is 1. The first kappa shape index (κ1) is 11.0. The smallest absolute Gasteiger partial charge is 0.144 e. The summed E-state index contributed by atoms with van der Waals surface area (Å²) in [6.45, 7) is 0. The summed E-state index contributed by atoms with van der Waals surface area (Å²) in [6.07, 6.45) is 0. The number of rotatable bonds is 2. The number of nitrogens with two attached hydrogens (primary N) is 1. The number of nitrogens with zero attached hydrogens (tertiary/aromatic N) is 1. The van der Waals surface area contributed by atoms with E-state index in [1.165, 1.54) is 18.2 Å². The lowest BCUT2D eigenvalue weighted by Gasteiger charge is -2.06. The molecule has 0 aliphatic rings. The molecule has 17 heavy (non-hydrogen) atoms. The zero-order valence-corrected chi connectivity index (χ0v) is 8.85. The number of nitriles is 1. The highest BCUT2D eigenvalue weighted by Crippen LogP contribution is 2.23. The second-order valence-electron chi connectivity index (χ2n) is 3.42. The second kappa shape index (κ2) is 4.54. The minimum absolute atomic E-state index is 0.00495. The summed E-state index contributed by atoms with van der Waals surface area (Å²) in [5.41, 5.74) is 6.15. The molecule has 2 aromatic carbocycles. The minimum atomic E-state index is -0.597. The van der Waals surface area contributed by atoms with Crippen molar-refractivity contribution in [3.8, 4) is 17.6 Å². The highest BCUT2D eigenvalue weighted by atomic mass is 19.1. The van der Waals surface area contributed by atoms with Crippen LogP contribution in [-0.4, -0.2) is 0 Å². The lowest BCUT2D eigenvalue weighted by molar-refractivity contribution is 0.476. The molecule has 2 N–H and O–H groups in total. The van der Waals surface area contributed by atoms with E-state index in [0.29, 0.717) is 17.2 Å². The highest BCUT2D eigenvalue weighted by molar-refractivity contribution is 5.44. The number of anilines is 1. The van der Waals surface area contributed by atoms with E-state index in [2.05, 4.69) is 0 Å². The molecule has 0 aliphatic carbocycles. The van der Waals surface area contributed by atoms with Crippen molar-refractivity contribution in [3.63, 3.8) is 0 Å². The van der Waals surface area contributed by atoms with Crippen LogP contribution in [0, 0.1) is 17.1 Å². The number of ether oxygens (including phenoxy) is 1. The van der Waals surface area contributed by atoms with E-state index in [1.807, 2.05) is 0 Å². The molecule has 0 heterocycles. The highest BCUT2D eigenvalue weighted by Gasteiger charge is 2.04. The number of nitrogen functional groups attached to an aromatic ring is 1. The van der Waals surface area contributed by atoms with Crippen LogP contribution < -0.4 is 10.5 Å². The summed E-state index contributed by atoms with van der Waals surface area (Å²) >= 11 is 0. The summed E-state index contributed by atoms with van der Waals surface area (Å²) in [6, 6.07) is 12.6. The fourth-order valence-corrected chi connectivity index (χ4v) is 1.32. The molecule has 4 heteroatoms. The molecule has 2 rings (SSSR count). The van der Waals surface area contributed by atoms with Gasteiger partial charge in [0.15, 0.2) is 0 Å². The zero-order valence-electron chi connectivity index (χ0n) is 8.85. The molecule has 0 saturated carbocycles. The van der Waals surface area contributed by atoms with E-state index in [4.69, 9.17) is 15.7 Å². The molecule has 0 fully saturated rings. The van der Waals surface area contributed by atoms with Crippen LogP contribution in [0.4, 0.5) is 10.1 Å². The van der Waals surface area contributed by atoms with Crippen molar-refractivity contribution < 1.29 is 9.13 Å². The Morgan fingerprint density at radius 1 is 1.06 bits per heavy atom. The van der Waals surface area contributed by atoms with Crippen molar-refractivity contribution in [2.24, 2.45) is 0 Å². The first-order valence-corrected chi connectivity index (χ1v) is 4.92. The molecule has 0 saturated heterocycles. The van der Waals surface area contributed by atoms with E-state index < -0.39 is 5.82 Å². The number of benzene rings is 2. The maximum Gasteiger partial charge on any atom is 0.144 e. The predicted molar refractivity (Wildman–Crippen MR) is 62.0 cm³/mol. The van der Waals surface area contributed by atoms with Crippen molar-refractivity contribution in [1.82, 2.24) is 0 Å². The monoisotopic (exact) mass is 228 g/mol. The molecular formula is C13H9FN2O. The van der Waals surface area contributed by atoms with E-state index in [9.17, 15) is 4.39 Å². The van der Waals surface area contributed by atoms with Gasteiger partial charge in [0.2, 0.25) is 0 Å². The lowest BCUT2D eigenvalue weighted by atomic mass is 10.2. The molecule has 0 atom stereocenters. The van der Waals surface area contributed by atoms with Gasteiger partial charge in [0.1, 0.15) is 23.4 Å². The Morgan fingerprint density at radius 2 is 1.71 bits per heavy atom. The van der Waals surface area contributed by atoms with Crippen molar-refractivity contribution in [1.29, 1.82) is 5.26 Å². The van der Waals surface area contributed by atoms with E-state index >= 15 is 0 Å². The van der Waals surface area contributed by atoms with Gasteiger partial charge in [-0.3, -0.25) is 0 Å². The molecule has 0 bridgehead atoms. The van der Waals surface area contributed by atoms with Crippen LogP contribution in [0.15, 0.2) is 42.5 Å². The molecule has 0 aromatic heterocycles. The van der Waals surface area contributed by atoms with Gasteiger partial charge in [-0.15, -0.1) is 0 Å². The standard InChI is InChI=1S/C13H9FN2O/c14-13-7-12(4-1-9(13)8-15)17-11-5-2-10(16)3-6-11/h1-7H,16H2. The third-order valence-corrected chi connectivity index (χ3v) is 2.18. The van der Waals surface area contributed by atoms with Gasteiger partial charge in [-0.25, -0.2) is 4.39 Å². The zero-order chi connectivity index (χ0) is 12.3. The lowest BCUT2D eigenvalue weighted by Crippen LogP contribution is -1.89. The van der Waals surface area contributed by atoms with Crippen LogP contribution in [0.3, 0.4) is 0 Å². The Kier molecular flexibility index (Phi) is 2.93. The molecule has 0 unspecified atom stereocenters. The van der Waals surface area contributed by atoms with Crippen molar-refractivity contribution >= 4 is 5.69 Å². The third-order valence-electron chi connectivity index (χ3n) is 2.18. The van der Waals surface area contributed by atoms with Crippen LogP contribution in [0.2, 0.25) is 0 Å². The van der Waals surface area contributed by atoms with Crippen LogP contribution in [0.1, 0.15) is 5.56 Å². The maximum atomic E-state index is 13.3. The summed E-state index contributed by atoms with van der Waals surface area (Å²) in [5, 5.41) is 8.58. The molecule has 2 aromatic rings. The Morgan fingerprint density at radius 3 is 2.29 bits per heavy atom. The molecule has 0 amide bonds. The second-order valence-corrected chi connectivity index (χ2v) is 3.42. The predicted octanol–water partition coefficient (Wildman–Crippen LogP) is 3.07. The summed E-state index contributed by atoms with van der Waals surface area (Å²) in [7, 11) is 0. The molecule has 0 spiro atoms. The van der Waals surface area contributed by atoms with Gasteiger partial charge < -0.3 is 10.5 Å². The summed E-state index contributed by atoms with van der Waals surface area (Å²) < 4.78 is 18.7. The third kappa shape index (κ3) is 2.52. The van der Waals surface area contributed by atoms with Crippen LogP contribution in [0.5, 0.6) is 11.5 Å². The fraction of sp³-hybridized carbons (Fsp3) is 0. The normalized spacial score (nSPS) is 9.65. The van der Waals surface area contributed by atoms with Gasteiger partial charge >= 0.3 is 0 Å². The van der Waals surface area contributed by atoms with Crippen LogP contribution in [0.25, 0.3) is 0 Å². The Balaban J connectivity index is 2.22. The van der Waals surface area contributed by atoms with E-state index in [-0.39, 0.29) is 5.56 Å². The first-order chi connectivity index (χ1) is 8.19. The van der Waals surface area contributed by atoms with Gasteiger partial charge in [0.25, 0.3) is 0 Å². The van der Waals surface area contributed by atoms with Crippen LogP contribution >= 0.6 is 0 Å². The van der Waals surface area contributed by atoms with E-state index in [0.717, 1.165) is 0 Å². The minimum Gasteiger partial charge on any atom is -0.457 e. The largest absolute Gasteiger partial charge is 0.457 e. The average Bonchev–Trinajstić information content (AvgIpc) is 2.32. The number of hydrogen-bond acceptors (Lipinski definition) is 3. The Hall–Kier alpha value is -2.54. The molecule has 0 radical (unpaired) electrons. The van der Waals surface area contributed by atoms with Gasteiger partial charge in [-0.05, 0) is 36.4 Å². The molecule has 3 nitrogen and oxygen atoms in total. The quantitative estimate of drug-likeness (QED) is 0.803. The molecular weight excluding hydrogens is 219 g/mol. The topological polar surface area (TPSA) is 59.0 Å². The maximum absolute atomic E-state index is 13.3. The van der Waals surface area contributed by atoms with Gasteiger partial charge in [0, 0.05) is 11.8 Å². The number of hydrogen-bond donors (Lipinski definition) is 1. The molecule has 84 valence electrons.